The van der Waals surface area contributed by atoms with Gasteiger partial charge >= 0.3 is 0 Å². The summed E-state index contributed by atoms with van der Waals surface area (Å²) in [5.74, 6) is 0. The summed E-state index contributed by atoms with van der Waals surface area (Å²) in [5.41, 5.74) is 0.933. The number of hydrogen-bond acceptors (Lipinski definition) is 2. The van der Waals surface area contributed by atoms with Crippen LogP contribution in [0, 0.1) is 0 Å². The lowest BCUT2D eigenvalue weighted by atomic mass is 10.0. The van der Waals surface area contributed by atoms with E-state index < -0.39 is 0 Å². The second-order valence-corrected chi connectivity index (χ2v) is 1.63. The van der Waals surface area contributed by atoms with E-state index in [4.69, 9.17) is 7.85 Å². The van der Waals surface area contributed by atoms with Crippen LogP contribution in [0.2, 0.25) is 0 Å². The van der Waals surface area contributed by atoms with Crippen molar-refractivity contribution in [2.24, 2.45) is 0 Å². The molecule has 0 bridgehead atoms. The molecular formula is C6H4BNO. The maximum Gasteiger partial charge on any atom is 0.150 e. The van der Waals surface area contributed by atoms with Gasteiger partial charge in [-0.15, -0.1) is 0 Å². The van der Waals surface area contributed by atoms with Gasteiger partial charge in [-0.2, -0.15) is 0 Å². The third-order valence-electron chi connectivity index (χ3n) is 0.941. The summed E-state index contributed by atoms with van der Waals surface area (Å²) in [6.07, 6.45) is 2.23. The molecule has 9 heavy (non-hydrogen) atoms. The van der Waals surface area contributed by atoms with Crippen molar-refractivity contribution in [3.63, 3.8) is 0 Å². The third-order valence-corrected chi connectivity index (χ3v) is 0.941. The van der Waals surface area contributed by atoms with Crippen LogP contribution in [0.15, 0.2) is 18.3 Å². The van der Waals surface area contributed by atoms with Crippen molar-refractivity contribution in [3.05, 3.63) is 23.9 Å². The van der Waals surface area contributed by atoms with E-state index >= 15 is 0 Å². The highest BCUT2D eigenvalue weighted by Crippen LogP contribution is 1.86. The third kappa shape index (κ3) is 1.39. The van der Waals surface area contributed by atoms with E-state index in [2.05, 4.69) is 4.98 Å². The first-order chi connectivity index (χ1) is 4.33. The molecule has 1 heterocycles. The molecule has 2 radical (unpaired) electrons. The molecule has 0 aliphatic rings. The molecule has 2 nitrogen and oxygen atoms in total. The number of rotatable bonds is 1. The summed E-state index contributed by atoms with van der Waals surface area (Å²) in [7, 11) is 5.26. The summed E-state index contributed by atoms with van der Waals surface area (Å²) >= 11 is 0. The molecule has 0 aliphatic carbocycles. The smallest absolute Gasteiger partial charge is 0.150 e. The lowest BCUT2D eigenvalue weighted by Gasteiger charge is -1.89. The molecule has 3 heteroatoms. The normalized spacial score (nSPS) is 8.89. The van der Waals surface area contributed by atoms with Crippen molar-refractivity contribution in [1.82, 2.24) is 4.98 Å². The molecule has 1 rings (SSSR count). The van der Waals surface area contributed by atoms with E-state index in [1.165, 1.54) is 12.3 Å². The number of hydrogen-bond donors (Lipinski definition) is 0. The Balaban J connectivity index is 3.07. The van der Waals surface area contributed by atoms with Crippen LogP contribution in [0.5, 0.6) is 0 Å². The largest absolute Gasteiger partial charge is 0.298 e. The van der Waals surface area contributed by atoms with Gasteiger partial charge in [0.25, 0.3) is 0 Å². The predicted molar refractivity (Wildman–Crippen MR) is 35.0 cm³/mol. The average molecular weight is 117 g/mol. The van der Waals surface area contributed by atoms with Gasteiger partial charge in [-0.1, -0.05) is 0 Å². The van der Waals surface area contributed by atoms with E-state index in [-0.39, 0.29) is 0 Å². The van der Waals surface area contributed by atoms with Gasteiger partial charge in [-0.05, 0) is 17.7 Å². The maximum absolute atomic E-state index is 10.1. The second-order valence-electron chi connectivity index (χ2n) is 1.63. The van der Waals surface area contributed by atoms with Gasteiger partial charge in [0.15, 0.2) is 0 Å². The monoisotopic (exact) mass is 117 g/mol. The highest BCUT2D eigenvalue weighted by molar-refractivity contribution is 6.30. The first-order valence-electron chi connectivity index (χ1n) is 2.49. The molecule has 0 saturated carbocycles. The number of pyridine rings is 1. The second kappa shape index (κ2) is 2.44. The summed E-state index contributed by atoms with van der Waals surface area (Å²) < 4.78 is 0. The molecule has 42 valence electrons. The Hall–Kier alpha value is -1.12. The molecule has 0 amide bonds. The quantitative estimate of drug-likeness (QED) is 0.373. The van der Waals surface area contributed by atoms with Crippen molar-refractivity contribution in [2.45, 2.75) is 0 Å². The van der Waals surface area contributed by atoms with Crippen LogP contribution >= 0.6 is 0 Å². The Morgan fingerprint density at radius 1 is 1.67 bits per heavy atom. The van der Waals surface area contributed by atoms with Crippen LogP contribution in [-0.4, -0.2) is 19.1 Å². The molecular weight excluding hydrogens is 113 g/mol. The number of aldehydes is 1. The minimum atomic E-state index is 0.375. The number of carbonyl (C=O) groups excluding carboxylic acids is 1. The molecule has 1 aromatic heterocycles. The van der Waals surface area contributed by atoms with Gasteiger partial charge < -0.3 is 0 Å². The Labute approximate surface area is 54.3 Å². The van der Waals surface area contributed by atoms with E-state index in [0.29, 0.717) is 11.2 Å². The van der Waals surface area contributed by atoms with Crippen molar-refractivity contribution >= 4 is 19.7 Å². The summed E-state index contributed by atoms with van der Waals surface area (Å²) in [4.78, 5) is 13.8. The lowest BCUT2D eigenvalue weighted by molar-refractivity contribution is 0.112. The van der Waals surface area contributed by atoms with Gasteiger partial charge in [0.05, 0.1) is 0 Å². The van der Waals surface area contributed by atoms with Crippen molar-refractivity contribution < 1.29 is 4.79 Å². The van der Waals surface area contributed by atoms with Crippen LogP contribution < -0.4 is 5.59 Å². The van der Waals surface area contributed by atoms with Gasteiger partial charge in [-0.3, -0.25) is 9.78 Å². The van der Waals surface area contributed by atoms with Crippen molar-refractivity contribution in [2.75, 3.05) is 0 Å². The first-order valence-corrected chi connectivity index (χ1v) is 2.49. The Morgan fingerprint density at radius 3 is 2.89 bits per heavy atom. The zero-order valence-corrected chi connectivity index (χ0v) is 4.74. The van der Waals surface area contributed by atoms with Crippen LogP contribution in [-0.2, 0) is 0 Å². The fourth-order valence-electron chi connectivity index (χ4n) is 0.539. The Morgan fingerprint density at radius 2 is 2.44 bits per heavy atom. The van der Waals surface area contributed by atoms with Crippen molar-refractivity contribution in [3.8, 4) is 0 Å². The molecule has 1 aromatic rings. The molecule has 0 spiro atoms. The van der Waals surface area contributed by atoms with Gasteiger partial charge in [0.2, 0.25) is 0 Å². The van der Waals surface area contributed by atoms with E-state index in [0.717, 1.165) is 6.29 Å². The fourth-order valence-corrected chi connectivity index (χ4v) is 0.539. The van der Waals surface area contributed by atoms with E-state index in [1.54, 1.807) is 6.07 Å². The van der Waals surface area contributed by atoms with Crippen molar-refractivity contribution in [1.29, 1.82) is 0 Å². The van der Waals surface area contributed by atoms with Crippen LogP contribution in [0.1, 0.15) is 10.4 Å². The average Bonchev–Trinajstić information content (AvgIpc) is 1.88. The number of nitrogens with zero attached hydrogens (tertiary/aromatic N) is 1. The SMILES string of the molecule is [B]c1cc(C=O)ccn1. The highest BCUT2D eigenvalue weighted by atomic mass is 16.1. The first kappa shape index (κ1) is 6.01. The minimum absolute atomic E-state index is 0.375. The van der Waals surface area contributed by atoms with Crippen LogP contribution in [0.3, 0.4) is 0 Å². The highest BCUT2D eigenvalue weighted by Gasteiger charge is 1.87. The van der Waals surface area contributed by atoms with Crippen LogP contribution in [0.4, 0.5) is 0 Å². The molecule has 0 N–H and O–H groups in total. The lowest BCUT2D eigenvalue weighted by Crippen LogP contribution is -2.07. The molecule has 0 aliphatic heterocycles. The Bertz CT molecular complexity index is 224. The Kier molecular flexibility index (Phi) is 1.63. The molecule has 0 unspecified atom stereocenters. The van der Waals surface area contributed by atoms with Gasteiger partial charge in [0.1, 0.15) is 14.1 Å². The number of carbonyl (C=O) groups is 1. The topological polar surface area (TPSA) is 30.0 Å². The number of aromatic nitrogens is 1. The molecule has 0 saturated heterocycles. The van der Waals surface area contributed by atoms with Gasteiger partial charge in [-0.25, -0.2) is 0 Å². The predicted octanol–water partition coefficient (Wildman–Crippen LogP) is -0.312. The molecule has 0 fully saturated rings. The zero-order valence-electron chi connectivity index (χ0n) is 4.74. The summed E-state index contributed by atoms with van der Waals surface area (Å²) in [6.45, 7) is 0. The van der Waals surface area contributed by atoms with Gasteiger partial charge in [0, 0.05) is 11.8 Å². The zero-order chi connectivity index (χ0) is 6.69. The molecule has 0 atom stereocenters. The minimum Gasteiger partial charge on any atom is -0.298 e. The standard InChI is InChI=1S/C6H4BNO/c7-6-3-5(4-9)1-2-8-6/h1-4H. The summed E-state index contributed by atoms with van der Waals surface area (Å²) in [5, 5.41) is 0. The fraction of sp³-hybridized carbons (Fsp3) is 0. The maximum atomic E-state index is 10.1. The van der Waals surface area contributed by atoms with E-state index in [1.807, 2.05) is 0 Å². The molecule has 0 aromatic carbocycles. The van der Waals surface area contributed by atoms with Crippen LogP contribution in [0.25, 0.3) is 0 Å². The van der Waals surface area contributed by atoms with E-state index in [9.17, 15) is 4.79 Å². The summed E-state index contributed by atoms with van der Waals surface area (Å²) in [6, 6.07) is 3.12.